The number of rotatable bonds is 5. The van der Waals surface area contributed by atoms with Crippen molar-refractivity contribution in [3.63, 3.8) is 0 Å². The van der Waals surface area contributed by atoms with Crippen molar-refractivity contribution in [2.75, 3.05) is 5.32 Å². The summed E-state index contributed by atoms with van der Waals surface area (Å²) in [6.45, 7) is 3.18. The molecule has 0 radical (unpaired) electrons. The molecule has 7 nitrogen and oxygen atoms in total. The summed E-state index contributed by atoms with van der Waals surface area (Å²) in [5.74, 6) is -2.14. The topological polar surface area (TPSA) is 119 Å². The van der Waals surface area contributed by atoms with Gasteiger partial charge in [-0.05, 0) is 50.2 Å². The van der Waals surface area contributed by atoms with Crippen LogP contribution in [0.3, 0.4) is 0 Å². The molecule has 0 saturated heterocycles. The predicted molar refractivity (Wildman–Crippen MR) is 91.3 cm³/mol. The Hall–Kier alpha value is -3.35. The van der Waals surface area contributed by atoms with Crippen LogP contribution in [0.2, 0.25) is 0 Å². The third-order valence-electron chi connectivity index (χ3n) is 3.46. The van der Waals surface area contributed by atoms with Gasteiger partial charge in [0.2, 0.25) is 5.91 Å². The minimum atomic E-state index is -1.08. The average molecular weight is 342 g/mol. The molecule has 1 atom stereocenters. The Morgan fingerprint density at radius 1 is 1.12 bits per heavy atom. The highest BCUT2D eigenvalue weighted by Gasteiger charge is 2.21. The molecule has 2 rings (SSSR count). The van der Waals surface area contributed by atoms with E-state index in [-0.39, 0.29) is 11.3 Å². The van der Waals surface area contributed by atoms with Crippen molar-refractivity contribution >= 4 is 23.5 Å². The molecule has 7 heteroatoms. The molecule has 25 heavy (non-hydrogen) atoms. The van der Waals surface area contributed by atoms with E-state index in [0.29, 0.717) is 11.3 Å². The lowest BCUT2D eigenvalue weighted by Gasteiger charge is -2.14. The number of primary amides is 1. The molecule has 2 amide bonds. The van der Waals surface area contributed by atoms with Crippen LogP contribution in [0.5, 0.6) is 5.75 Å². The monoisotopic (exact) mass is 342 g/mol. The summed E-state index contributed by atoms with van der Waals surface area (Å²) in [6.07, 6.45) is -1.08. The van der Waals surface area contributed by atoms with Gasteiger partial charge in [-0.15, -0.1) is 0 Å². The van der Waals surface area contributed by atoms with Gasteiger partial charge in [-0.2, -0.15) is 0 Å². The second kappa shape index (κ2) is 7.48. The minimum absolute atomic E-state index is 0.00883. The summed E-state index contributed by atoms with van der Waals surface area (Å²) in [6, 6.07) is 10.5. The zero-order chi connectivity index (χ0) is 18.6. The Kier molecular flexibility index (Phi) is 5.38. The van der Waals surface area contributed by atoms with E-state index in [1.807, 2.05) is 0 Å². The fourth-order valence-corrected chi connectivity index (χ4v) is 2.05. The first kappa shape index (κ1) is 18.0. The summed E-state index contributed by atoms with van der Waals surface area (Å²) >= 11 is 0. The first-order valence-electron chi connectivity index (χ1n) is 7.49. The third-order valence-corrected chi connectivity index (χ3v) is 3.46. The van der Waals surface area contributed by atoms with Crippen molar-refractivity contribution < 1.29 is 24.2 Å². The normalized spacial score (nSPS) is 11.4. The second-order valence-corrected chi connectivity index (χ2v) is 5.50. The van der Waals surface area contributed by atoms with Crippen molar-refractivity contribution in [3.8, 4) is 5.75 Å². The van der Waals surface area contributed by atoms with Gasteiger partial charge >= 0.3 is 5.97 Å². The van der Waals surface area contributed by atoms with Crippen molar-refractivity contribution in [1.82, 2.24) is 0 Å². The van der Waals surface area contributed by atoms with Crippen molar-refractivity contribution in [1.29, 1.82) is 0 Å². The number of benzene rings is 2. The Bertz CT molecular complexity index is 815. The number of ether oxygens (including phenoxy) is 1. The van der Waals surface area contributed by atoms with E-state index in [1.165, 1.54) is 43.3 Å². The van der Waals surface area contributed by atoms with Crippen LogP contribution >= 0.6 is 0 Å². The first-order chi connectivity index (χ1) is 11.8. The fourth-order valence-electron chi connectivity index (χ4n) is 2.05. The van der Waals surface area contributed by atoms with Gasteiger partial charge in [0.15, 0.2) is 6.10 Å². The molecule has 0 bridgehead atoms. The Labute approximate surface area is 144 Å². The van der Waals surface area contributed by atoms with Crippen molar-refractivity contribution in [3.05, 3.63) is 59.2 Å². The molecule has 0 unspecified atom stereocenters. The van der Waals surface area contributed by atoms with Crippen LogP contribution in [0.25, 0.3) is 0 Å². The predicted octanol–water partition coefficient (Wildman–Crippen LogP) is 1.98. The minimum Gasteiger partial charge on any atom is -0.507 e. The van der Waals surface area contributed by atoms with E-state index in [4.69, 9.17) is 10.5 Å². The molecular weight excluding hydrogens is 324 g/mol. The number of carbonyl (C=O) groups is 3. The second-order valence-electron chi connectivity index (χ2n) is 5.50. The fraction of sp³-hybridized carbons (Fsp3) is 0.167. The number of esters is 1. The maximum absolute atomic E-state index is 12.1. The van der Waals surface area contributed by atoms with Crippen LogP contribution in [0.4, 0.5) is 5.69 Å². The molecule has 0 saturated carbocycles. The molecule has 2 aromatic carbocycles. The van der Waals surface area contributed by atoms with Gasteiger partial charge in [0.25, 0.3) is 5.91 Å². The van der Waals surface area contributed by atoms with Crippen LogP contribution in [-0.4, -0.2) is 29.0 Å². The van der Waals surface area contributed by atoms with Crippen LogP contribution in [0.1, 0.15) is 33.2 Å². The lowest BCUT2D eigenvalue weighted by Crippen LogP contribution is -2.30. The number of phenols is 1. The van der Waals surface area contributed by atoms with Crippen LogP contribution in [0, 0.1) is 6.92 Å². The summed E-state index contributed by atoms with van der Waals surface area (Å²) < 4.78 is 5.08. The Morgan fingerprint density at radius 3 is 2.36 bits per heavy atom. The van der Waals surface area contributed by atoms with Crippen molar-refractivity contribution in [2.24, 2.45) is 5.73 Å². The molecule has 0 aromatic heterocycles. The number of hydrogen-bond acceptors (Lipinski definition) is 5. The van der Waals surface area contributed by atoms with Gasteiger partial charge in [-0.25, -0.2) is 4.79 Å². The van der Waals surface area contributed by atoms with Crippen LogP contribution < -0.4 is 11.1 Å². The summed E-state index contributed by atoms with van der Waals surface area (Å²) in [5.41, 5.74) is 6.65. The van der Waals surface area contributed by atoms with Gasteiger partial charge in [-0.3, -0.25) is 9.59 Å². The molecule has 0 aliphatic carbocycles. The number of nitrogens with one attached hydrogen (secondary N) is 1. The molecule has 2 aromatic rings. The van der Waals surface area contributed by atoms with Crippen LogP contribution in [-0.2, 0) is 9.53 Å². The number of carbonyl (C=O) groups excluding carboxylic acids is 3. The number of aryl methyl sites for hydroxylation is 1. The number of hydrogen-bond donors (Lipinski definition) is 3. The molecule has 130 valence electrons. The van der Waals surface area contributed by atoms with Crippen LogP contribution in [0.15, 0.2) is 42.5 Å². The Balaban J connectivity index is 2.01. The number of amides is 2. The lowest BCUT2D eigenvalue weighted by molar-refractivity contribution is -0.123. The zero-order valence-electron chi connectivity index (χ0n) is 13.8. The SMILES string of the molecule is Cc1ccc(O)c(C(=O)O[C@@H](C)C(=O)Nc2ccc(C(N)=O)cc2)c1. The average Bonchev–Trinajstić information content (AvgIpc) is 2.57. The third kappa shape index (κ3) is 4.57. The maximum atomic E-state index is 12.1. The highest BCUT2D eigenvalue weighted by molar-refractivity contribution is 5.99. The van der Waals surface area contributed by atoms with Gasteiger partial charge in [0, 0.05) is 11.3 Å². The molecular formula is C18H18N2O5. The maximum Gasteiger partial charge on any atom is 0.342 e. The van der Waals surface area contributed by atoms with E-state index in [2.05, 4.69) is 5.32 Å². The zero-order valence-corrected chi connectivity index (χ0v) is 13.8. The summed E-state index contributed by atoms with van der Waals surface area (Å²) in [5, 5.41) is 12.3. The molecule has 0 aliphatic heterocycles. The molecule has 0 spiro atoms. The lowest BCUT2D eigenvalue weighted by atomic mass is 10.1. The van der Waals surface area contributed by atoms with Gasteiger partial charge in [-0.1, -0.05) is 11.6 Å². The quantitative estimate of drug-likeness (QED) is 0.718. The first-order valence-corrected chi connectivity index (χ1v) is 7.49. The number of aromatic hydroxyl groups is 1. The highest BCUT2D eigenvalue weighted by atomic mass is 16.5. The smallest absolute Gasteiger partial charge is 0.342 e. The van der Waals surface area contributed by atoms with E-state index < -0.39 is 23.9 Å². The number of anilines is 1. The summed E-state index contributed by atoms with van der Waals surface area (Å²) in [4.78, 5) is 35.2. The molecule has 0 fully saturated rings. The molecule has 0 aliphatic rings. The standard InChI is InChI=1S/C18H18N2O5/c1-10-3-8-15(21)14(9-10)18(24)25-11(2)17(23)20-13-6-4-12(5-7-13)16(19)22/h3-9,11,21H,1-2H3,(H2,19,22)(H,20,23)/t11-/m0/s1. The number of phenolic OH excluding ortho intramolecular Hbond substituents is 1. The van der Waals surface area contributed by atoms with Gasteiger partial charge < -0.3 is 20.9 Å². The largest absolute Gasteiger partial charge is 0.507 e. The Morgan fingerprint density at radius 2 is 1.76 bits per heavy atom. The van der Waals surface area contributed by atoms with Gasteiger partial charge in [0.1, 0.15) is 11.3 Å². The van der Waals surface area contributed by atoms with E-state index >= 15 is 0 Å². The number of nitrogens with two attached hydrogens (primary N) is 1. The molecule has 4 N–H and O–H groups in total. The highest BCUT2D eigenvalue weighted by Crippen LogP contribution is 2.20. The van der Waals surface area contributed by atoms with E-state index in [1.54, 1.807) is 13.0 Å². The summed E-state index contributed by atoms with van der Waals surface area (Å²) in [7, 11) is 0. The van der Waals surface area contributed by atoms with Gasteiger partial charge in [0.05, 0.1) is 0 Å². The van der Waals surface area contributed by atoms with E-state index in [0.717, 1.165) is 5.56 Å². The van der Waals surface area contributed by atoms with Crippen molar-refractivity contribution in [2.45, 2.75) is 20.0 Å². The van der Waals surface area contributed by atoms with E-state index in [9.17, 15) is 19.5 Å². The molecule has 0 heterocycles.